The van der Waals surface area contributed by atoms with E-state index in [4.69, 9.17) is 0 Å². The fraction of sp³-hybridized carbons (Fsp3) is 0.583. The summed E-state index contributed by atoms with van der Waals surface area (Å²) in [6.45, 7) is 5.62. The SMILES string of the molecule is CCN(Cc1cccs1)C(=O)CC1CNC1. The zero-order chi connectivity index (χ0) is 11.4. The molecule has 88 valence electrons. The Morgan fingerprint density at radius 3 is 2.94 bits per heavy atom. The summed E-state index contributed by atoms with van der Waals surface area (Å²) in [5.41, 5.74) is 0. The van der Waals surface area contributed by atoms with Crippen molar-refractivity contribution in [1.82, 2.24) is 10.2 Å². The second kappa shape index (κ2) is 5.46. The van der Waals surface area contributed by atoms with Crippen LogP contribution >= 0.6 is 11.3 Å². The molecular weight excluding hydrogens is 220 g/mol. The third-order valence-electron chi connectivity index (χ3n) is 2.99. The van der Waals surface area contributed by atoms with E-state index < -0.39 is 0 Å². The molecule has 2 heterocycles. The van der Waals surface area contributed by atoms with E-state index in [0.29, 0.717) is 18.2 Å². The van der Waals surface area contributed by atoms with Crippen molar-refractivity contribution >= 4 is 17.2 Å². The highest BCUT2D eigenvalue weighted by Crippen LogP contribution is 2.15. The molecule has 0 saturated carbocycles. The summed E-state index contributed by atoms with van der Waals surface area (Å²) in [7, 11) is 0. The first-order valence-corrected chi connectivity index (χ1v) is 6.68. The van der Waals surface area contributed by atoms with Crippen LogP contribution < -0.4 is 5.32 Å². The molecule has 4 heteroatoms. The molecule has 0 unspecified atom stereocenters. The van der Waals surface area contributed by atoms with Crippen LogP contribution in [0.4, 0.5) is 0 Å². The Kier molecular flexibility index (Phi) is 3.96. The molecule has 1 saturated heterocycles. The van der Waals surface area contributed by atoms with E-state index in [9.17, 15) is 4.79 Å². The maximum absolute atomic E-state index is 12.0. The monoisotopic (exact) mass is 238 g/mol. The lowest BCUT2D eigenvalue weighted by Crippen LogP contribution is -2.45. The fourth-order valence-corrected chi connectivity index (χ4v) is 2.56. The third kappa shape index (κ3) is 2.83. The molecule has 0 spiro atoms. The lowest BCUT2D eigenvalue weighted by molar-refractivity contribution is -0.132. The van der Waals surface area contributed by atoms with Crippen molar-refractivity contribution in [2.24, 2.45) is 5.92 Å². The van der Waals surface area contributed by atoms with Gasteiger partial charge in [-0.1, -0.05) is 6.07 Å². The molecule has 0 bridgehead atoms. The van der Waals surface area contributed by atoms with Gasteiger partial charge in [0.05, 0.1) is 6.54 Å². The Bertz CT molecular complexity index is 333. The number of carbonyl (C=O) groups excluding carboxylic acids is 1. The van der Waals surface area contributed by atoms with Crippen LogP contribution in [-0.2, 0) is 11.3 Å². The number of hydrogen-bond donors (Lipinski definition) is 1. The molecule has 1 aromatic rings. The minimum Gasteiger partial charge on any atom is -0.338 e. The van der Waals surface area contributed by atoms with Crippen LogP contribution in [0.3, 0.4) is 0 Å². The highest BCUT2D eigenvalue weighted by Gasteiger charge is 2.22. The van der Waals surface area contributed by atoms with Gasteiger partial charge in [0.15, 0.2) is 0 Å². The van der Waals surface area contributed by atoms with E-state index in [1.807, 2.05) is 17.9 Å². The number of hydrogen-bond acceptors (Lipinski definition) is 3. The Labute approximate surface area is 100 Å². The Morgan fingerprint density at radius 1 is 1.62 bits per heavy atom. The number of thiophene rings is 1. The standard InChI is InChI=1S/C12H18N2OS/c1-2-14(9-11-4-3-5-16-11)12(15)6-10-7-13-8-10/h3-5,10,13H,2,6-9H2,1H3. The number of nitrogens with one attached hydrogen (secondary N) is 1. The van der Waals surface area contributed by atoms with Crippen LogP contribution in [0.15, 0.2) is 17.5 Å². The average Bonchev–Trinajstić information content (AvgIpc) is 2.72. The summed E-state index contributed by atoms with van der Waals surface area (Å²) in [6, 6.07) is 4.12. The lowest BCUT2D eigenvalue weighted by atomic mass is 9.99. The smallest absolute Gasteiger partial charge is 0.223 e. The maximum atomic E-state index is 12.0. The first-order chi connectivity index (χ1) is 7.79. The molecule has 16 heavy (non-hydrogen) atoms. The van der Waals surface area contributed by atoms with E-state index in [2.05, 4.69) is 16.8 Å². The number of nitrogens with zero attached hydrogens (tertiary/aromatic N) is 1. The highest BCUT2D eigenvalue weighted by atomic mass is 32.1. The zero-order valence-electron chi connectivity index (χ0n) is 9.61. The van der Waals surface area contributed by atoms with Crippen molar-refractivity contribution in [3.05, 3.63) is 22.4 Å². The van der Waals surface area contributed by atoms with Crippen LogP contribution in [-0.4, -0.2) is 30.4 Å². The predicted molar refractivity (Wildman–Crippen MR) is 66.4 cm³/mol. The maximum Gasteiger partial charge on any atom is 0.223 e. The topological polar surface area (TPSA) is 32.3 Å². The van der Waals surface area contributed by atoms with Gasteiger partial charge in [-0.3, -0.25) is 4.79 Å². The molecule has 0 aliphatic carbocycles. The van der Waals surface area contributed by atoms with Gasteiger partial charge >= 0.3 is 0 Å². The predicted octanol–water partition coefficient (Wildman–Crippen LogP) is 1.71. The van der Waals surface area contributed by atoms with Gasteiger partial charge in [0.2, 0.25) is 5.91 Å². The first-order valence-electron chi connectivity index (χ1n) is 5.80. The Hall–Kier alpha value is -0.870. The lowest BCUT2D eigenvalue weighted by Gasteiger charge is -2.29. The average molecular weight is 238 g/mol. The van der Waals surface area contributed by atoms with E-state index in [1.54, 1.807) is 11.3 Å². The van der Waals surface area contributed by atoms with Crippen molar-refractivity contribution < 1.29 is 4.79 Å². The van der Waals surface area contributed by atoms with Gasteiger partial charge in [0, 0.05) is 17.8 Å². The van der Waals surface area contributed by atoms with Crippen molar-refractivity contribution in [2.75, 3.05) is 19.6 Å². The number of amides is 1. The summed E-state index contributed by atoms with van der Waals surface area (Å²) in [4.78, 5) is 15.2. The Morgan fingerprint density at radius 2 is 2.44 bits per heavy atom. The van der Waals surface area contributed by atoms with Crippen LogP contribution in [0.1, 0.15) is 18.2 Å². The molecule has 1 fully saturated rings. The minimum atomic E-state index is 0.294. The highest BCUT2D eigenvalue weighted by molar-refractivity contribution is 7.09. The normalized spacial score (nSPS) is 15.8. The molecule has 0 radical (unpaired) electrons. The van der Waals surface area contributed by atoms with Crippen molar-refractivity contribution in [2.45, 2.75) is 19.9 Å². The van der Waals surface area contributed by atoms with Gasteiger partial charge in [0.25, 0.3) is 0 Å². The summed E-state index contributed by atoms with van der Waals surface area (Å²) >= 11 is 1.72. The van der Waals surface area contributed by atoms with Crippen LogP contribution in [0, 0.1) is 5.92 Å². The number of carbonyl (C=O) groups is 1. The second-order valence-corrected chi connectivity index (χ2v) is 5.25. The van der Waals surface area contributed by atoms with Gasteiger partial charge in [-0.25, -0.2) is 0 Å². The van der Waals surface area contributed by atoms with Crippen LogP contribution in [0.5, 0.6) is 0 Å². The summed E-state index contributed by atoms with van der Waals surface area (Å²) in [6.07, 6.45) is 0.701. The molecule has 3 nitrogen and oxygen atoms in total. The molecular formula is C12H18N2OS. The van der Waals surface area contributed by atoms with Gasteiger partial charge in [-0.15, -0.1) is 11.3 Å². The molecule has 1 aliphatic heterocycles. The van der Waals surface area contributed by atoms with Crippen molar-refractivity contribution in [1.29, 1.82) is 0 Å². The van der Waals surface area contributed by atoms with Crippen molar-refractivity contribution in [3.8, 4) is 0 Å². The largest absolute Gasteiger partial charge is 0.338 e. The Balaban J connectivity index is 1.85. The van der Waals surface area contributed by atoms with E-state index in [1.165, 1.54) is 4.88 Å². The molecule has 1 aromatic heterocycles. The zero-order valence-corrected chi connectivity index (χ0v) is 10.4. The molecule has 2 rings (SSSR count). The van der Waals surface area contributed by atoms with Gasteiger partial charge in [-0.05, 0) is 37.4 Å². The van der Waals surface area contributed by atoms with Crippen LogP contribution in [0.25, 0.3) is 0 Å². The van der Waals surface area contributed by atoms with Gasteiger partial charge < -0.3 is 10.2 Å². The first kappa shape index (κ1) is 11.6. The number of rotatable bonds is 5. The van der Waals surface area contributed by atoms with Gasteiger partial charge in [0.1, 0.15) is 0 Å². The van der Waals surface area contributed by atoms with Crippen molar-refractivity contribution in [3.63, 3.8) is 0 Å². The van der Waals surface area contributed by atoms with Gasteiger partial charge in [-0.2, -0.15) is 0 Å². The van der Waals surface area contributed by atoms with E-state index in [-0.39, 0.29) is 0 Å². The molecule has 1 N–H and O–H groups in total. The summed E-state index contributed by atoms with van der Waals surface area (Å²) in [5.74, 6) is 0.854. The van der Waals surface area contributed by atoms with E-state index in [0.717, 1.165) is 26.2 Å². The van der Waals surface area contributed by atoms with E-state index >= 15 is 0 Å². The molecule has 1 amide bonds. The summed E-state index contributed by atoms with van der Waals surface area (Å²) in [5, 5.41) is 5.26. The quantitative estimate of drug-likeness (QED) is 0.847. The van der Waals surface area contributed by atoms with Crippen LogP contribution in [0.2, 0.25) is 0 Å². The minimum absolute atomic E-state index is 0.294. The fourth-order valence-electron chi connectivity index (χ4n) is 1.84. The molecule has 0 atom stereocenters. The summed E-state index contributed by atoms with van der Waals surface area (Å²) < 4.78 is 0. The second-order valence-electron chi connectivity index (χ2n) is 4.22. The molecule has 1 aliphatic rings. The molecule has 0 aromatic carbocycles. The third-order valence-corrected chi connectivity index (χ3v) is 3.85.